The largest absolute Gasteiger partial charge is 0.310 e. The van der Waals surface area contributed by atoms with Gasteiger partial charge in [0.25, 0.3) is 0 Å². The summed E-state index contributed by atoms with van der Waals surface area (Å²) in [4.78, 5) is 0. The molecule has 0 saturated heterocycles. The van der Waals surface area contributed by atoms with E-state index in [1.165, 1.54) is 35.7 Å². The summed E-state index contributed by atoms with van der Waals surface area (Å²) in [6.07, 6.45) is 5.51. The van der Waals surface area contributed by atoms with Crippen molar-refractivity contribution < 1.29 is 0 Å². The van der Waals surface area contributed by atoms with E-state index < -0.39 is 0 Å². The molecule has 1 aliphatic rings. The monoisotopic (exact) mass is 309 g/mol. The minimum absolute atomic E-state index is 0.528. The highest BCUT2D eigenvalue weighted by Gasteiger charge is 2.26. The minimum atomic E-state index is 0.528. The fourth-order valence-corrected chi connectivity index (χ4v) is 3.51. The lowest BCUT2D eigenvalue weighted by atomic mass is 9.77. The second-order valence-electron chi connectivity index (χ2n) is 5.61. The van der Waals surface area contributed by atoms with E-state index in [9.17, 15) is 0 Å². The Morgan fingerprint density at radius 1 is 1.28 bits per heavy atom. The first-order valence-corrected chi connectivity index (χ1v) is 7.99. The van der Waals surface area contributed by atoms with Gasteiger partial charge in [0.15, 0.2) is 0 Å². The van der Waals surface area contributed by atoms with Gasteiger partial charge in [-0.15, -0.1) is 0 Å². The Labute approximate surface area is 119 Å². The van der Waals surface area contributed by atoms with Crippen LogP contribution in [0.5, 0.6) is 0 Å². The van der Waals surface area contributed by atoms with E-state index in [-0.39, 0.29) is 0 Å². The molecular formula is C16H24BrN. The average molecular weight is 310 g/mol. The fourth-order valence-electron chi connectivity index (χ4n) is 3.10. The Balaban J connectivity index is 2.12. The molecule has 0 aliphatic heterocycles. The lowest BCUT2D eigenvalue weighted by molar-refractivity contribution is 0.233. The van der Waals surface area contributed by atoms with Gasteiger partial charge >= 0.3 is 0 Å². The first-order chi connectivity index (χ1) is 8.70. The van der Waals surface area contributed by atoms with Crippen LogP contribution >= 0.6 is 15.9 Å². The molecule has 2 rings (SSSR count). The molecule has 0 aromatic heterocycles. The van der Waals surface area contributed by atoms with Gasteiger partial charge in [0.1, 0.15) is 0 Å². The van der Waals surface area contributed by atoms with Crippen molar-refractivity contribution in [3.8, 4) is 0 Å². The summed E-state index contributed by atoms with van der Waals surface area (Å²) in [5, 5.41) is 3.69. The summed E-state index contributed by atoms with van der Waals surface area (Å²) in [5.74, 6) is 1.72. The van der Waals surface area contributed by atoms with Crippen LogP contribution in [0.25, 0.3) is 0 Å². The van der Waals surface area contributed by atoms with Crippen molar-refractivity contribution >= 4 is 15.9 Å². The summed E-state index contributed by atoms with van der Waals surface area (Å²) < 4.78 is 1.19. The first-order valence-electron chi connectivity index (χ1n) is 7.19. The molecule has 1 atom stereocenters. The minimum Gasteiger partial charge on any atom is -0.310 e. The standard InChI is InChI=1S/C16H24BrN/c1-3-18-16(13-9-7-12(2)8-10-13)14-5-4-6-15(17)11-14/h4-6,11-13,16,18H,3,7-10H2,1-2H3. The average Bonchev–Trinajstić information content (AvgIpc) is 2.37. The third-order valence-electron chi connectivity index (χ3n) is 4.16. The molecule has 1 N–H and O–H groups in total. The lowest BCUT2D eigenvalue weighted by Gasteiger charge is -2.33. The van der Waals surface area contributed by atoms with Crippen molar-refractivity contribution in [3.63, 3.8) is 0 Å². The molecule has 1 aromatic carbocycles. The molecule has 0 amide bonds. The maximum absolute atomic E-state index is 3.69. The predicted octanol–water partition coefficient (Wildman–Crippen LogP) is 4.93. The first kappa shape index (κ1) is 14.1. The molecule has 18 heavy (non-hydrogen) atoms. The second kappa shape index (κ2) is 6.72. The van der Waals surface area contributed by atoms with Crippen LogP contribution in [0.4, 0.5) is 0 Å². The highest BCUT2D eigenvalue weighted by Crippen LogP contribution is 2.37. The van der Waals surface area contributed by atoms with Gasteiger partial charge in [0, 0.05) is 10.5 Å². The number of hydrogen-bond acceptors (Lipinski definition) is 1. The molecule has 100 valence electrons. The van der Waals surface area contributed by atoms with Gasteiger partial charge in [0.2, 0.25) is 0 Å². The van der Waals surface area contributed by atoms with Gasteiger partial charge in [-0.3, -0.25) is 0 Å². The summed E-state index contributed by atoms with van der Waals surface area (Å²) >= 11 is 3.59. The smallest absolute Gasteiger partial charge is 0.0348 e. The van der Waals surface area contributed by atoms with E-state index in [1.807, 2.05) is 0 Å². The number of nitrogens with one attached hydrogen (secondary N) is 1. The van der Waals surface area contributed by atoms with Crippen LogP contribution in [0.1, 0.15) is 51.1 Å². The zero-order valence-electron chi connectivity index (χ0n) is 11.5. The van der Waals surface area contributed by atoms with Crippen LogP contribution < -0.4 is 5.32 Å². The summed E-state index contributed by atoms with van der Waals surface area (Å²) in [7, 11) is 0. The highest BCUT2D eigenvalue weighted by molar-refractivity contribution is 9.10. The number of hydrogen-bond donors (Lipinski definition) is 1. The molecule has 1 saturated carbocycles. The molecule has 1 fully saturated rings. The zero-order valence-corrected chi connectivity index (χ0v) is 13.0. The van der Waals surface area contributed by atoms with Gasteiger partial charge in [-0.1, -0.05) is 54.8 Å². The van der Waals surface area contributed by atoms with Crippen LogP contribution in [-0.2, 0) is 0 Å². The van der Waals surface area contributed by atoms with Crippen molar-refractivity contribution in [1.29, 1.82) is 0 Å². The van der Waals surface area contributed by atoms with E-state index in [1.54, 1.807) is 0 Å². The maximum Gasteiger partial charge on any atom is 0.0348 e. The fraction of sp³-hybridized carbons (Fsp3) is 0.625. The molecule has 1 nitrogen and oxygen atoms in total. The van der Waals surface area contributed by atoms with E-state index >= 15 is 0 Å². The van der Waals surface area contributed by atoms with E-state index in [0.717, 1.165) is 18.4 Å². The third-order valence-corrected chi connectivity index (χ3v) is 4.66. The normalized spacial score (nSPS) is 25.9. The van der Waals surface area contributed by atoms with Crippen LogP contribution in [-0.4, -0.2) is 6.54 Å². The predicted molar refractivity (Wildman–Crippen MR) is 81.7 cm³/mol. The van der Waals surface area contributed by atoms with E-state index in [4.69, 9.17) is 0 Å². The van der Waals surface area contributed by atoms with Crippen LogP contribution in [0, 0.1) is 11.8 Å². The Morgan fingerprint density at radius 2 is 2.00 bits per heavy atom. The van der Waals surface area contributed by atoms with Gasteiger partial charge < -0.3 is 5.32 Å². The van der Waals surface area contributed by atoms with Crippen molar-refractivity contribution in [2.75, 3.05) is 6.54 Å². The van der Waals surface area contributed by atoms with E-state index in [2.05, 4.69) is 59.4 Å². The van der Waals surface area contributed by atoms with Crippen LogP contribution in [0.2, 0.25) is 0 Å². The Hall–Kier alpha value is -0.340. The number of halogens is 1. The van der Waals surface area contributed by atoms with Crippen molar-refractivity contribution in [2.45, 2.75) is 45.6 Å². The van der Waals surface area contributed by atoms with Gasteiger partial charge in [-0.2, -0.15) is 0 Å². The summed E-state index contributed by atoms with van der Waals surface area (Å²) in [5.41, 5.74) is 1.44. The highest BCUT2D eigenvalue weighted by atomic mass is 79.9. The number of rotatable bonds is 4. The molecular weight excluding hydrogens is 286 g/mol. The van der Waals surface area contributed by atoms with Gasteiger partial charge in [-0.05, 0) is 48.9 Å². The maximum atomic E-state index is 3.69. The lowest BCUT2D eigenvalue weighted by Crippen LogP contribution is -2.30. The quantitative estimate of drug-likeness (QED) is 0.832. The number of benzene rings is 1. The molecule has 2 heteroatoms. The Morgan fingerprint density at radius 3 is 2.61 bits per heavy atom. The van der Waals surface area contributed by atoms with Crippen LogP contribution in [0.3, 0.4) is 0 Å². The van der Waals surface area contributed by atoms with Gasteiger partial charge in [-0.25, -0.2) is 0 Å². The van der Waals surface area contributed by atoms with E-state index in [0.29, 0.717) is 6.04 Å². The topological polar surface area (TPSA) is 12.0 Å². The molecule has 1 aliphatic carbocycles. The molecule has 0 radical (unpaired) electrons. The second-order valence-corrected chi connectivity index (χ2v) is 6.53. The Kier molecular flexibility index (Phi) is 5.25. The zero-order chi connectivity index (χ0) is 13.0. The van der Waals surface area contributed by atoms with Crippen molar-refractivity contribution in [1.82, 2.24) is 5.32 Å². The molecule has 0 heterocycles. The SMILES string of the molecule is CCNC(c1cccc(Br)c1)C1CCC(C)CC1. The third kappa shape index (κ3) is 3.58. The molecule has 0 bridgehead atoms. The van der Waals surface area contributed by atoms with Crippen molar-refractivity contribution in [3.05, 3.63) is 34.3 Å². The Bertz CT molecular complexity index is 369. The van der Waals surface area contributed by atoms with Gasteiger partial charge in [0.05, 0.1) is 0 Å². The molecule has 0 spiro atoms. The van der Waals surface area contributed by atoms with Crippen molar-refractivity contribution in [2.24, 2.45) is 11.8 Å². The molecule has 1 aromatic rings. The molecule has 1 unspecified atom stereocenters. The van der Waals surface area contributed by atoms with Crippen LogP contribution in [0.15, 0.2) is 28.7 Å². The summed E-state index contributed by atoms with van der Waals surface area (Å²) in [6.45, 7) is 5.64. The summed E-state index contributed by atoms with van der Waals surface area (Å²) in [6, 6.07) is 9.31.